The summed E-state index contributed by atoms with van der Waals surface area (Å²) >= 11 is 0. The number of ether oxygens (including phenoxy) is 1. The number of nitrogens with two attached hydrogens (primary N) is 1. The summed E-state index contributed by atoms with van der Waals surface area (Å²) in [4.78, 5) is 0.811. The number of rotatable bonds is 3. The number of benzene rings is 2. The second-order valence-corrected chi connectivity index (χ2v) is 7.06. The standard InChI is InChI=1S/C17H19NO2S/c1-11-3-6-16-13(7-11)8-15(20-16)10-21(19)17-9-14(18)5-4-12(17)2/h3-7,9,15H,8,10,18H2,1-2H3. The van der Waals surface area contributed by atoms with Gasteiger partial charge < -0.3 is 10.5 Å². The molecule has 0 bridgehead atoms. The van der Waals surface area contributed by atoms with Gasteiger partial charge >= 0.3 is 0 Å². The summed E-state index contributed by atoms with van der Waals surface area (Å²) in [5, 5.41) is 0. The van der Waals surface area contributed by atoms with Gasteiger partial charge in [0.05, 0.1) is 16.6 Å². The van der Waals surface area contributed by atoms with Gasteiger partial charge in [-0.25, -0.2) is 0 Å². The highest BCUT2D eigenvalue weighted by molar-refractivity contribution is 7.85. The second kappa shape index (κ2) is 5.53. The molecule has 1 aliphatic rings. The third kappa shape index (κ3) is 2.95. The number of hydrogen-bond donors (Lipinski definition) is 1. The predicted octanol–water partition coefficient (Wildman–Crippen LogP) is 3.00. The molecule has 3 nitrogen and oxygen atoms in total. The van der Waals surface area contributed by atoms with E-state index in [1.165, 1.54) is 11.1 Å². The second-order valence-electron chi connectivity index (χ2n) is 5.59. The molecular weight excluding hydrogens is 282 g/mol. The van der Waals surface area contributed by atoms with Crippen LogP contribution in [0.4, 0.5) is 5.69 Å². The summed E-state index contributed by atoms with van der Waals surface area (Å²) in [7, 11) is -1.09. The lowest BCUT2D eigenvalue weighted by Gasteiger charge is -2.12. The Morgan fingerprint density at radius 2 is 2.05 bits per heavy atom. The molecule has 0 aliphatic carbocycles. The summed E-state index contributed by atoms with van der Waals surface area (Å²) in [6.45, 7) is 4.03. The smallest absolute Gasteiger partial charge is 0.123 e. The summed E-state index contributed by atoms with van der Waals surface area (Å²) in [6, 6.07) is 11.7. The van der Waals surface area contributed by atoms with Crippen LogP contribution in [0.3, 0.4) is 0 Å². The van der Waals surface area contributed by atoms with Crippen molar-refractivity contribution in [3.8, 4) is 5.75 Å². The number of fused-ring (bicyclic) bond motifs is 1. The van der Waals surface area contributed by atoms with E-state index in [4.69, 9.17) is 10.5 Å². The first-order chi connectivity index (χ1) is 10.0. The quantitative estimate of drug-likeness (QED) is 0.887. The molecule has 4 heteroatoms. The first-order valence-electron chi connectivity index (χ1n) is 7.03. The largest absolute Gasteiger partial charge is 0.489 e. The first kappa shape index (κ1) is 14.1. The van der Waals surface area contributed by atoms with Crippen LogP contribution in [0.25, 0.3) is 0 Å². The minimum absolute atomic E-state index is 0.0246. The molecule has 2 atom stereocenters. The van der Waals surface area contributed by atoms with Crippen molar-refractivity contribution in [2.45, 2.75) is 31.3 Å². The van der Waals surface area contributed by atoms with E-state index in [2.05, 4.69) is 13.0 Å². The minimum Gasteiger partial charge on any atom is -0.489 e. The van der Waals surface area contributed by atoms with Gasteiger partial charge in [-0.05, 0) is 43.2 Å². The van der Waals surface area contributed by atoms with Gasteiger partial charge in [-0.1, -0.05) is 23.8 Å². The van der Waals surface area contributed by atoms with Crippen molar-refractivity contribution in [3.63, 3.8) is 0 Å². The molecule has 0 saturated carbocycles. The summed E-state index contributed by atoms with van der Waals surface area (Å²) < 4.78 is 18.5. The lowest BCUT2D eigenvalue weighted by Crippen LogP contribution is -2.22. The zero-order valence-corrected chi connectivity index (χ0v) is 13.1. The molecule has 1 aliphatic heterocycles. The van der Waals surface area contributed by atoms with Crippen molar-refractivity contribution >= 4 is 16.5 Å². The van der Waals surface area contributed by atoms with Crippen LogP contribution in [0.2, 0.25) is 0 Å². The fourth-order valence-electron chi connectivity index (χ4n) is 2.66. The highest BCUT2D eigenvalue weighted by atomic mass is 32.2. The van der Waals surface area contributed by atoms with Gasteiger partial charge in [0, 0.05) is 17.0 Å². The fraction of sp³-hybridized carbons (Fsp3) is 0.294. The van der Waals surface area contributed by atoms with Crippen LogP contribution < -0.4 is 10.5 Å². The Morgan fingerprint density at radius 3 is 2.86 bits per heavy atom. The van der Waals surface area contributed by atoms with Crippen LogP contribution in [0, 0.1) is 13.8 Å². The average Bonchev–Trinajstić information content (AvgIpc) is 2.82. The molecule has 0 spiro atoms. The van der Waals surface area contributed by atoms with E-state index in [-0.39, 0.29) is 6.10 Å². The monoisotopic (exact) mass is 301 g/mol. The lowest BCUT2D eigenvalue weighted by atomic mass is 10.1. The van der Waals surface area contributed by atoms with Crippen molar-refractivity contribution in [2.75, 3.05) is 11.5 Å². The average molecular weight is 301 g/mol. The molecule has 1 heterocycles. The van der Waals surface area contributed by atoms with Gasteiger partial charge in [0.15, 0.2) is 0 Å². The summed E-state index contributed by atoms with van der Waals surface area (Å²) in [5.41, 5.74) is 9.89. The third-order valence-corrected chi connectivity index (χ3v) is 5.36. The number of anilines is 1. The topological polar surface area (TPSA) is 52.3 Å². The van der Waals surface area contributed by atoms with E-state index < -0.39 is 10.8 Å². The molecule has 0 amide bonds. The van der Waals surface area contributed by atoms with Crippen molar-refractivity contribution < 1.29 is 8.95 Å². The maximum Gasteiger partial charge on any atom is 0.123 e. The Bertz CT molecular complexity index is 712. The number of aryl methyl sites for hydroxylation is 2. The molecule has 21 heavy (non-hydrogen) atoms. The van der Waals surface area contributed by atoms with Gasteiger partial charge in [0.1, 0.15) is 11.9 Å². The Labute approximate surface area is 127 Å². The van der Waals surface area contributed by atoms with Crippen LogP contribution in [-0.2, 0) is 17.2 Å². The van der Waals surface area contributed by atoms with Gasteiger partial charge in [0.2, 0.25) is 0 Å². The maximum atomic E-state index is 12.6. The van der Waals surface area contributed by atoms with Crippen molar-refractivity contribution in [2.24, 2.45) is 0 Å². The Hall–Kier alpha value is -1.81. The molecule has 2 aromatic carbocycles. The zero-order chi connectivity index (χ0) is 15.0. The zero-order valence-electron chi connectivity index (χ0n) is 12.3. The molecule has 3 rings (SSSR count). The van der Waals surface area contributed by atoms with Gasteiger partial charge in [0.25, 0.3) is 0 Å². The molecule has 0 radical (unpaired) electrons. The fourth-order valence-corrected chi connectivity index (χ4v) is 4.06. The van der Waals surface area contributed by atoms with Crippen molar-refractivity contribution in [3.05, 3.63) is 53.1 Å². The van der Waals surface area contributed by atoms with Crippen LogP contribution in [-0.4, -0.2) is 16.1 Å². The molecule has 110 valence electrons. The van der Waals surface area contributed by atoms with Crippen LogP contribution in [0.5, 0.6) is 5.75 Å². The van der Waals surface area contributed by atoms with Crippen LogP contribution in [0.15, 0.2) is 41.3 Å². The van der Waals surface area contributed by atoms with Crippen molar-refractivity contribution in [1.29, 1.82) is 0 Å². The Kier molecular flexibility index (Phi) is 3.72. The molecule has 0 aromatic heterocycles. The number of hydrogen-bond acceptors (Lipinski definition) is 3. The van der Waals surface area contributed by atoms with Crippen LogP contribution in [0.1, 0.15) is 16.7 Å². The van der Waals surface area contributed by atoms with E-state index in [1.54, 1.807) is 6.07 Å². The molecule has 0 saturated heterocycles. The highest BCUT2D eigenvalue weighted by Crippen LogP contribution is 2.30. The van der Waals surface area contributed by atoms with Gasteiger partial charge in [-0.15, -0.1) is 0 Å². The first-order valence-corrected chi connectivity index (χ1v) is 8.35. The Morgan fingerprint density at radius 1 is 1.24 bits per heavy atom. The lowest BCUT2D eigenvalue weighted by molar-refractivity contribution is 0.258. The molecule has 2 aromatic rings. The summed E-state index contributed by atoms with van der Waals surface area (Å²) in [6.07, 6.45) is 0.799. The van der Waals surface area contributed by atoms with Gasteiger partial charge in [-0.2, -0.15) is 0 Å². The molecule has 0 fully saturated rings. The van der Waals surface area contributed by atoms with E-state index in [0.29, 0.717) is 11.4 Å². The predicted molar refractivity (Wildman–Crippen MR) is 86.2 cm³/mol. The van der Waals surface area contributed by atoms with E-state index in [9.17, 15) is 4.21 Å². The third-order valence-electron chi connectivity index (χ3n) is 3.75. The van der Waals surface area contributed by atoms with E-state index >= 15 is 0 Å². The molecular formula is C17H19NO2S. The highest BCUT2D eigenvalue weighted by Gasteiger charge is 2.25. The maximum absolute atomic E-state index is 12.6. The SMILES string of the molecule is Cc1ccc2c(c1)CC(CS(=O)c1cc(N)ccc1C)O2. The molecule has 2 unspecified atom stereocenters. The van der Waals surface area contributed by atoms with Gasteiger partial charge in [-0.3, -0.25) is 4.21 Å². The Balaban J connectivity index is 1.74. The van der Waals surface area contributed by atoms with Crippen molar-refractivity contribution in [1.82, 2.24) is 0 Å². The number of nitrogen functional groups attached to an aromatic ring is 1. The van der Waals surface area contributed by atoms with E-state index in [1.807, 2.05) is 31.2 Å². The van der Waals surface area contributed by atoms with E-state index in [0.717, 1.165) is 22.6 Å². The molecule has 2 N–H and O–H groups in total. The summed E-state index contributed by atoms with van der Waals surface area (Å²) in [5.74, 6) is 1.42. The van der Waals surface area contributed by atoms with Crippen LogP contribution >= 0.6 is 0 Å². The minimum atomic E-state index is -1.09. The normalized spacial score (nSPS) is 18.1.